The van der Waals surface area contributed by atoms with Crippen LogP contribution < -0.4 is 20.7 Å². The summed E-state index contributed by atoms with van der Waals surface area (Å²) in [5, 5.41) is 54.5. The number of carbonyl (C=O) groups excluding carboxylic acids is 2. The van der Waals surface area contributed by atoms with Crippen LogP contribution in [0.4, 0.5) is 0 Å². The molecule has 0 bridgehead atoms. The molecule has 206 valence electrons. The number of hydrogen-bond acceptors (Lipinski definition) is 12. The van der Waals surface area contributed by atoms with Gasteiger partial charge in [-0.25, -0.2) is 0 Å². The molecule has 2 rings (SSSR count). The number of pyridine rings is 2. The Kier molecular flexibility index (Phi) is 71.0. The van der Waals surface area contributed by atoms with Crippen LogP contribution in [0.25, 0.3) is 0 Å². The average Bonchev–Trinajstić information content (AvgIpc) is 2.75. The fraction of sp³-hybridized carbons (Fsp3) is 0.222. The molecule has 0 aliphatic carbocycles. The minimum atomic E-state index is -1.08. The summed E-state index contributed by atoms with van der Waals surface area (Å²) in [6.07, 6.45) is 3.31. The molecule has 0 aliphatic rings. The van der Waals surface area contributed by atoms with Gasteiger partial charge in [-0.15, -0.1) is 0 Å². The summed E-state index contributed by atoms with van der Waals surface area (Å²) in [5.74, 6) is -2.17. The fourth-order valence-electron chi connectivity index (χ4n) is 1.26. The quantitative estimate of drug-likeness (QED) is 0.135. The predicted molar refractivity (Wildman–Crippen MR) is 101 cm³/mol. The van der Waals surface area contributed by atoms with Gasteiger partial charge in [0, 0.05) is 86.6 Å². The van der Waals surface area contributed by atoms with Crippen LogP contribution in [0.5, 0.6) is 0 Å². The molecular weight excluding hydrogens is 940 g/mol. The number of rotatable bonds is 2. The van der Waals surface area contributed by atoms with E-state index in [-0.39, 0.29) is 84.1 Å². The van der Waals surface area contributed by atoms with E-state index in [1.54, 1.807) is 38.4 Å². The largest absolute Gasteiger partial charge is 2.00 e. The third-order valence-corrected chi connectivity index (χ3v) is 2.37. The van der Waals surface area contributed by atoms with E-state index in [0.717, 1.165) is 13.8 Å². The molecular formula is C18H22N4O12U2-12. The van der Waals surface area contributed by atoms with Crippen LogP contribution in [0, 0.1) is 62.2 Å². The maximum Gasteiger partial charge on any atom is 0.102 e. The molecule has 36 heavy (non-hydrogen) atoms. The van der Waals surface area contributed by atoms with Crippen molar-refractivity contribution in [2.75, 3.05) is 0 Å². The monoisotopic (exact) mass is 962 g/mol. The Morgan fingerprint density at radius 1 is 0.667 bits per heavy atom. The van der Waals surface area contributed by atoms with Crippen molar-refractivity contribution in [1.29, 1.82) is 0 Å². The molecule has 0 spiro atoms. The van der Waals surface area contributed by atoms with Crippen LogP contribution in [0.2, 0.25) is 0 Å². The van der Waals surface area contributed by atoms with Crippen molar-refractivity contribution >= 4 is 23.4 Å². The molecule has 0 saturated carbocycles. The van der Waals surface area contributed by atoms with E-state index in [1.165, 1.54) is 0 Å². The van der Waals surface area contributed by atoms with Gasteiger partial charge in [0.2, 0.25) is 0 Å². The molecule has 2 aromatic rings. The molecule has 0 aliphatic heterocycles. The summed E-state index contributed by atoms with van der Waals surface area (Å²) in [7, 11) is 0. The minimum Gasteiger partial charge on any atom is -2.00 e. The van der Waals surface area contributed by atoms with Crippen molar-refractivity contribution in [3.63, 3.8) is 0 Å². The molecule has 0 radical (unpaired) electrons. The topological polar surface area (TPSA) is 331 Å². The Labute approximate surface area is 254 Å². The van der Waals surface area contributed by atoms with Gasteiger partial charge in [-0.2, -0.15) is 0 Å². The van der Waals surface area contributed by atoms with Crippen LogP contribution in [0.1, 0.15) is 39.1 Å². The van der Waals surface area contributed by atoms with Crippen LogP contribution in [-0.2, 0) is 31.5 Å². The molecule has 0 atom stereocenters. The van der Waals surface area contributed by atoms with Crippen molar-refractivity contribution in [3.8, 4) is 0 Å². The Balaban J connectivity index is -0.0000000380. The molecule has 0 fully saturated rings. The first-order valence-electron chi connectivity index (χ1n) is 7.87. The molecule has 2 aromatic heterocycles. The Bertz CT molecular complexity index is 698. The second kappa shape index (κ2) is 43.1. The van der Waals surface area contributed by atoms with E-state index in [0.29, 0.717) is 22.8 Å². The fourth-order valence-corrected chi connectivity index (χ4v) is 1.26. The van der Waals surface area contributed by atoms with Gasteiger partial charge >= 0.3 is 0 Å². The Morgan fingerprint density at radius 3 is 1.03 bits per heavy atom. The summed E-state index contributed by atoms with van der Waals surface area (Å²) in [6.45, 7) is 5.34. The molecule has 2 N–H and O–H groups in total. The molecule has 18 heteroatoms. The van der Waals surface area contributed by atoms with E-state index in [2.05, 4.69) is 20.3 Å². The number of oxime groups is 2. The van der Waals surface area contributed by atoms with E-state index < -0.39 is 11.9 Å². The molecule has 16 nitrogen and oxygen atoms in total. The van der Waals surface area contributed by atoms with Crippen LogP contribution in [-0.4, -0.2) is 43.7 Å². The van der Waals surface area contributed by atoms with Crippen molar-refractivity contribution in [3.05, 3.63) is 60.2 Å². The van der Waals surface area contributed by atoms with Gasteiger partial charge in [-0.1, -0.05) is 22.4 Å². The smallest absolute Gasteiger partial charge is 0.102 e. The van der Waals surface area contributed by atoms with Gasteiger partial charge in [0.05, 0.1) is 11.4 Å². The zero-order valence-corrected chi connectivity index (χ0v) is 27.7. The predicted octanol–water partition coefficient (Wildman–Crippen LogP) is -2.78. The number of hydrogen-bond donors (Lipinski definition) is 2. The zero-order valence-electron chi connectivity index (χ0n) is 19.4. The van der Waals surface area contributed by atoms with Crippen LogP contribution in [0.15, 0.2) is 59.1 Å². The summed E-state index contributed by atoms with van der Waals surface area (Å²) >= 11 is 0. The van der Waals surface area contributed by atoms with Gasteiger partial charge < -0.3 is 62.6 Å². The summed E-state index contributed by atoms with van der Waals surface area (Å²) in [6, 6.07) is 10.9. The van der Waals surface area contributed by atoms with Gasteiger partial charge in [-0.05, 0) is 52.0 Å². The van der Waals surface area contributed by atoms with Crippen molar-refractivity contribution < 1.29 is 125 Å². The van der Waals surface area contributed by atoms with Crippen LogP contribution in [0.3, 0.4) is 0 Å². The normalized spacial score (nSPS) is 7.94. The van der Waals surface area contributed by atoms with Crippen molar-refractivity contribution in [1.82, 2.24) is 9.97 Å². The average molecular weight is 962 g/mol. The third-order valence-electron chi connectivity index (χ3n) is 2.37. The second-order valence-corrected chi connectivity index (χ2v) is 4.78. The summed E-state index contributed by atoms with van der Waals surface area (Å²) in [4.78, 5) is 25.7. The molecule has 0 saturated heterocycles. The van der Waals surface area contributed by atoms with E-state index in [1.807, 2.05) is 24.3 Å². The van der Waals surface area contributed by atoms with E-state index in [9.17, 15) is 0 Å². The second-order valence-electron chi connectivity index (χ2n) is 4.78. The number of aromatic nitrogens is 2. The molecule has 0 unspecified atom stereocenters. The van der Waals surface area contributed by atoms with Gasteiger partial charge in [0.15, 0.2) is 0 Å². The maximum absolute atomic E-state index is 8.89. The maximum atomic E-state index is 8.89. The van der Waals surface area contributed by atoms with Crippen molar-refractivity contribution in [2.24, 2.45) is 10.3 Å². The first-order valence-corrected chi connectivity index (χ1v) is 7.87. The molecule has 2 heterocycles. The SMILES string of the molecule is C/C(=N\O)c1ccccn1.C/C(=N\O)c1ccccn1.CC(=O)[O-].CC(=O)[O-].[O-2].[O-2].[O-2].[O-2].[O-][O-].[U].[U]. The standard InChI is InChI=1S/2C7H8N2O.2C2H4O2.O2.4O.2U/c2*1-6(9-10)7-4-2-3-5-8-7;2*1-2(3)4;1-2;;;;;;/h2*2-5,10H,1H3;2*1H3,(H,3,4);;;;;;;/q;;;;5*-2;;/p-2/b2*9-6+;;;;;;;;;. The number of nitrogens with zero attached hydrogens (tertiary/aromatic N) is 4. The first-order chi connectivity index (χ1) is 14.1. The molecule has 0 amide bonds. The number of carbonyl (C=O) groups is 2. The number of carboxylic acid groups (broad SMARTS) is 2. The Hall–Kier alpha value is -1.96. The zero-order chi connectivity index (χ0) is 23.9. The van der Waals surface area contributed by atoms with Gasteiger partial charge in [-0.3, -0.25) is 9.97 Å². The Morgan fingerprint density at radius 2 is 0.889 bits per heavy atom. The minimum absolute atomic E-state index is 0. The van der Waals surface area contributed by atoms with Gasteiger partial charge in [0.25, 0.3) is 0 Å². The third kappa shape index (κ3) is 45.5. The number of carboxylic acids is 2. The first kappa shape index (κ1) is 59.3. The van der Waals surface area contributed by atoms with Crippen LogP contribution >= 0.6 is 0 Å². The van der Waals surface area contributed by atoms with Gasteiger partial charge in [0.1, 0.15) is 11.4 Å². The van der Waals surface area contributed by atoms with E-state index >= 15 is 0 Å². The van der Waals surface area contributed by atoms with E-state index in [4.69, 9.17) is 40.7 Å². The summed E-state index contributed by atoms with van der Waals surface area (Å²) in [5.41, 5.74) is 2.45. The summed E-state index contributed by atoms with van der Waals surface area (Å²) < 4.78 is 0. The molecule has 0 aromatic carbocycles. The number of aliphatic carboxylic acids is 2. The van der Waals surface area contributed by atoms with Crippen molar-refractivity contribution in [2.45, 2.75) is 27.7 Å².